The number of aliphatic imine (C=N–C) groups is 1. The predicted molar refractivity (Wildman–Crippen MR) is 101 cm³/mol. The van der Waals surface area contributed by atoms with Crippen molar-refractivity contribution < 1.29 is 4.74 Å². The Morgan fingerprint density at radius 1 is 1.16 bits per heavy atom. The highest BCUT2D eigenvalue weighted by atomic mass is 79.9. The highest BCUT2D eigenvalue weighted by molar-refractivity contribution is 9.10. The van der Waals surface area contributed by atoms with E-state index in [2.05, 4.69) is 41.8 Å². The molecule has 0 saturated carbocycles. The molecule has 25 heavy (non-hydrogen) atoms. The van der Waals surface area contributed by atoms with Crippen LogP contribution in [0, 0.1) is 0 Å². The molecule has 130 valence electrons. The zero-order valence-electron chi connectivity index (χ0n) is 13.8. The first-order chi connectivity index (χ1) is 12.3. The van der Waals surface area contributed by atoms with Gasteiger partial charge in [0.2, 0.25) is 0 Å². The Morgan fingerprint density at radius 3 is 2.80 bits per heavy atom. The second kappa shape index (κ2) is 8.48. The van der Waals surface area contributed by atoms with Crippen molar-refractivity contribution in [3.63, 3.8) is 0 Å². The number of benzene rings is 1. The Bertz CT molecular complexity index is 846. The van der Waals surface area contributed by atoms with Gasteiger partial charge in [0, 0.05) is 17.7 Å². The minimum Gasteiger partial charge on any atom is -0.492 e. The third-order valence-corrected chi connectivity index (χ3v) is 4.03. The molecule has 0 saturated heterocycles. The number of aromatic nitrogens is 3. The Balaban J connectivity index is 1.44. The van der Waals surface area contributed by atoms with Crippen LogP contribution < -0.4 is 15.4 Å². The standard InChI is InChI=1S/C17H19BrN6O/c1-19-17(20-9-11-25-14-7-5-13(18)6-8-14)21-12-16-23-22-15-4-2-3-10-24(15)16/h2-8,10H,9,11-12H2,1H3,(H2,19,20,21). The molecule has 0 unspecified atom stereocenters. The molecule has 0 bridgehead atoms. The van der Waals surface area contributed by atoms with Gasteiger partial charge in [0.15, 0.2) is 17.4 Å². The molecule has 0 amide bonds. The molecule has 0 spiro atoms. The summed E-state index contributed by atoms with van der Waals surface area (Å²) in [4.78, 5) is 4.20. The summed E-state index contributed by atoms with van der Waals surface area (Å²) in [5.74, 6) is 2.35. The lowest BCUT2D eigenvalue weighted by Gasteiger charge is -2.12. The van der Waals surface area contributed by atoms with Gasteiger partial charge in [0.1, 0.15) is 12.4 Å². The number of ether oxygens (including phenoxy) is 1. The molecule has 0 aliphatic heterocycles. The third kappa shape index (κ3) is 4.69. The van der Waals surface area contributed by atoms with Gasteiger partial charge in [-0.3, -0.25) is 9.39 Å². The van der Waals surface area contributed by atoms with Gasteiger partial charge in [-0.1, -0.05) is 22.0 Å². The number of rotatable bonds is 6. The summed E-state index contributed by atoms with van der Waals surface area (Å²) in [5.41, 5.74) is 0.824. The lowest BCUT2D eigenvalue weighted by molar-refractivity contribution is 0.322. The zero-order valence-corrected chi connectivity index (χ0v) is 15.4. The van der Waals surface area contributed by atoms with Gasteiger partial charge in [-0.15, -0.1) is 10.2 Å². The summed E-state index contributed by atoms with van der Waals surface area (Å²) < 4.78 is 8.64. The first-order valence-corrected chi connectivity index (χ1v) is 8.67. The van der Waals surface area contributed by atoms with Gasteiger partial charge in [-0.05, 0) is 36.4 Å². The molecule has 2 aromatic heterocycles. The number of fused-ring (bicyclic) bond motifs is 1. The second-order valence-corrected chi connectivity index (χ2v) is 6.12. The Hall–Kier alpha value is -2.61. The van der Waals surface area contributed by atoms with E-state index in [0.717, 1.165) is 21.7 Å². The van der Waals surface area contributed by atoms with Crippen LogP contribution in [0.15, 0.2) is 58.1 Å². The molecule has 7 nitrogen and oxygen atoms in total. The first-order valence-electron chi connectivity index (χ1n) is 7.88. The van der Waals surface area contributed by atoms with Crippen LogP contribution in [-0.2, 0) is 6.54 Å². The van der Waals surface area contributed by atoms with Crippen LogP contribution in [-0.4, -0.2) is 40.8 Å². The Morgan fingerprint density at radius 2 is 2.00 bits per heavy atom. The van der Waals surface area contributed by atoms with Crippen molar-refractivity contribution >= 4 is 27.5 Å². The normalized spacial score (nSPS) is 11.5. The van der Waals surface area contributed by atoms with Crippen LogP contribution in [0.4, 0.5) is 0 Å². The van der Waals surface area contributed by atoms with Crippen LogP contribution in [0.2, 0.25) is 0 Å². The van der Waals surface area contributed by atoms with Crippen molar-refractivity contribution in [1.82, 2.24) is 25.2 Å². The fourth-order valence-corrected chi connectivity index (χ4v) is 2.53. The molecule has 0 radical (unpaired) electrons. The van der Waals surface area contributed by atoms with Crippen molar-refractivity contribution in [3.8, 4) is 5.75 Å². The minimum atomic E-state index is 0.526. The average molecular weight is 403 g/mol. The molecule has 2 N–H and O–H groups in total. The summed E-state index contributed by atoms with van der Waals surface area (Å²) in [7, 11) is 1.73. The molecule has 1 aromatic carbocycles. The van der Waals surface area contributed by atoms with E-state index in [1.807, 2.05) is 53.1 Å². The highest BCUT2D eigenvalue weighted by Gasteiger charge is 2.05. The highest BCUT2D eigenvalue weighted by Crippen LogP contribution is 2.15. The summed E-state index contributed by atoms with van der Waals surface area (Å²) in [6, 6.07) is 13.6. The summed E-state index contributed by atoms with van der Waals surface area (Å²) in [6.45, 7) is 1.70. The van der Waals surface area contributed by atoms with Gasteiger partial charge in [0.25, 0.3) is 0 Å². The number of nitrogens with one attached hydrogen (secondary N) is 2. The van der Waals surface area contributed by atoms with E-state index >= 15 is 0 Å². The van der Waals surface area contributed by atoms with Gasteiger partial charge < -0.3 is 15.4 Å². The van der Waals surface area contributed by atoms with E-state index in [9.17, 15) is 0 Å². The Kier molecular flexibility index (Phi) is 5.84. The van der Waals surface area contributed by atoms with Crippen molar-refractivity contribution in [2.24, 2.45) is 4.99 Å². The molecule has 0 aliphatic rings. The molecule has 8 heteroatoms. The second-order valence-electron chi connectivity index (χ2n) is 5.20. The lowest BCUT2D eigenvalue weighted by Crippen LogP contribution is -2.39. The lowest BCUT2D eigenvalue weighted by atomic mass is 10.3. The minimum absolute atomic E-state index is 0.526. The number of pyridine rings is 1. The maximum atomic E-state index is 5.67. The van der Waals surface area contributed by atoms with E-state index in [-0.39, 0.29) is 0 Å². The van der Waals surface area contributed by atoms with E-state index in [0.29, 0.717) is 25.7 Å². The number of guanidine groups is 1. The molecule has 0 aliphatic carbocycles. The fraction of sp³-hybridized carbons (Fsp3) is 0.235. The maximum absolute atomic E-state index is 5.67. The van der Waals surface area contributed by atoms with Crippen molar-refractivity contribution in [2.45, 2.75) is 6.54 Å². The van der Waals surface area contributed by atoms with Crippen LogP contribution in [0.5, 0.6) is 5.75 Å². The average Bonchev–Trinajstić information content (AvgIpc) is 3.06. The number of hydrogen-bond acceptors (Lipinski definition) is 4. The monoisotopic (exact) mass is 402 g/mol. The summed E-state index contributed by atoms with van der Waals surface area (Å²) in [5, 5.41) is 14.7. The number of hydrogen-bond donors (Lipinski definition) is 2. The maximum Gasteiger partial charge on any atom is 0.191 e. The SMILES string of the molecule is CN=C(NCCOc1ccc(Br)cc1)NCc1nnc2ccccn12. The van der Waals surface area contributed by atoms with Gasteiger partial charge in [0.05, 0.1) is 13.1 Å². The van der Waals surface area contributed by atoms with E-state index in [4.69, 9.17) is 4.74 Å². The smallest absolute Gasteiger partial charge is 0.191 e. The molecule has 3 aromatic rings. The third-order valence-electron chi connectivity index (χ3n) is 3.50. The molecular formula is C17H19BrN6O. The Labute approximate surface area is 154 Å². The number of nitrogens with zero attached hydrogens (tertiary/aromatic N) is 4. The van der Waals surface area contributed by atoms with Crippen LogP contribution in [0.1, 0.15) is 5.82 Å². The molecular weight excluding hydrogens is 384 g/mol. The van der Waals surface area contributed by atoms with Crippen LogP contribution >= 0.6 is 15.9 Å². The van der Waals surface area contributed by atoms with Crippen molar-refractivity contribution in [2.75, 3.05) is 20.2 Å². The molecule has 2 heterocycles. The van der Waals surface area contributed by atoms with Crippen molar-refractivity contribution in [3.05, 3.63) is 59.0 Å². The summed E-state index contributed by atoms with van der Waals surface area (Å²) in [6.07, 6.45) is 1.94. The van der Waals surface area contributed by atoms with Crippen LogP contribution in [0.25, 0.3) is 5.65 Å². The predicted octanol–water partition coefficient (Wildman–Crippen LogP) is 2.24. The zero-order chi connectivity index (χ0) is 17.5. The summed E-state index contributed by atoms with van der Waals surface area (Å²) >= 11 is 3.40. The number of halogens is 1. The van der Waals surface area contributed by atoms with E-state index in [1.54, 1.807) is 7.05 Å². The van der Waals surface area contributed by atoms with E-state index < -0.39 is 0 Å². The largest absolute Gasteiger partial charge is 0.492 e. The molecule has 0 fully saturated rings. The topological polar surface area (TPSA) is 75.8 Å². The van der Waals surface area contributed by atoms with Crippen molar-refractivity contribution in [1.29, 1.82) is 0 Å². The van der Waals surface area contributed by atoms with Crippen LogP contribution in [0.3, 0.4) is 0 Å². The fourth-order valence-electron chi connectivity index (χ4n) is 2.26. The first kappa shape index (κ1) is 17.2. The van der Waals surface area contributed by atoms with E-state index in [1.165, 1.54) is 0 Å². The van der Waals surface area contributed by atoms with Gasteiger partial charge in [-0.2, -0.15) is 0 Å². The molecule has 0 atom stereocenters. The van der Waals surface area contributed by atoms with Gasteiger partial charge in [-0.25, -0.2) is 0 Å². The molecule has 3 rings (SSSR count). The quantitative estimate of drug-likeness (QED) is 0.375. The van der Waals surface area contributed by atoms with Gasteiger partial charge >= 0.3 is 0 Å².